The van der Waals surface area contributed by atoms with Gasteiger partial charge in [0.2, 0.25) is 0 Å². The summed E-state index contributed by atoms with van der Waals surface area (Å²) in [4.78, 5) is 16.4. The maximum atomic E-state index is 14.4. The summed E-state index contributed by atoms with van der Waals surface area (Å²) in [6.07, 6.45) is 0. The summed E-state index contributed by atoms with van der Waals surface area (Å²) in [5.74, 6) is -0.619. The lowest BCUT2D eigenvalue weighted by Gasteiger charge is -2.34. The van der Waals surface area contributed by atoms with E-state index in [1.54, 1.807) is 36.4 Å². The SMILES string of the molecule is CN1CCN(c2ccc(NC(=O)c3ccc(Cl)cc3)cc2F)CC1. The molecule has 0 atom stereocenters. The van der Waals surface area contributed by atoms with Crippen LogP contribution in [0.3, 0.4) is 0 Å². The fourth-order valence-corrected chi connectivity index (χ4v) is 2.82. The summed E-state index contributed by atoms with van der Waals surface area (Å²) in [6.45, 7) is 3.41. The maximum absolute atomic E-state index is 14.4. The van der Waals surface area contributed by atoms with Crippen molar-refractivity contribution in [3.63, 3.8) is 0 Å². The molecule has 1 amide bonds. The summed E-state index contributed by atoms with van der Waals surface area (Å²) in [6, 6.07) is 11.4. The van der Waals surface area contributed by atoms with Crippen molar-refractivity contribution in [2.45, 2.75) is 0 Å². The van der Waals surface area contributed by atoms with Gasteiger partial charge >= 0.3 is 0 Å². The molecule has 1 saturated heterocycles. The number of anilines is 2. The van der Waals surface area contributed by atoms with Crippen LogP contribution in [0.2, 0.25) is 5.02 Å². The topological polar surface area (TPSA) is 35.6 Å². The van der Waals surface area contributed by atoms with Gasteiger partial charge < -0.3 is 15.1 Å². The number of piperazine rings is 1. The maximum Gasteiger partial charge on any atom is 0.255 e. The molecule has 1 N–H and O–H groups in total. The zero-order chi connectivity index (χ0) is 17.1. The molecule has 0 saturated carbocycles. The van der Waals surface area contributed by atoms with Crippen molar-refractivity contribution in [1.82, 2.24) is 4.90 Å². The fourth-order valence-electron chi connectivity index (χ4n) is 2.69. The third-order valence-corrected chi connectivity index (χ3v) is 4.41. The van der Waals surface area contributed by atoms with Crippen LogP contribution in [0.5, 0.6) is 0 Å². The second-order valence-corrected chi connectivity index (χ2v) is 6.35. The minimum Gasteiger partial charge on any atom is -0.367 e. The number of carbonyl (C=O) groups is 1. The van der Waals surface area contributed by atoms with E-state index < -0.39 is 0 Å². The van der Waals surface area contributed by atoms with Crippen molar-refractivity contribution in [3.8, 4) is 0 Å². The molecule has 2 aromatic carbocycles. The molecule has 1 aliphatic heterocycles. The lowest BCUT2D eigenvalue weighted by atomic mass is 10.2. The van der Waals surface area contributed by atoms with Crippen LogP contribution >= 0.6 is 11.6 Å². The van der Waals surface area contributed by atoms with Gasteiger partial charge in [0.05, 0.1) is 5.69 Å². The van der Waals surface area contributed by atoms with Gasteiger partial charge in [0.25, 0.3) is 5.91 Å². The first-order valence-corrected chi connectivity index (χ1v) is 8.21. The van der Waals surface area contributed by atoms with Gasteiger partial charge in [-0.25, -0.2) is 4.39 Å². The van der Waals surface area contributed by atoms with E-state index in [0.717, 1.165) is 26.2 Å². The highest BCUT2D eigenvalue weighted by molar-refractivity contribution is 6.30. The van der Waals surface area contributed by atoms with Gasteiger partial charge in [0.1, 0.15) is 5.82 Å². The van der Waals surface area contributed by atoms with E-state index >= 15 is 0 Å². The van der Waals surface area contributed by atoms with E-state index in [1.807, 2.05) is 4.90 Å². The molecule has 1 aliphatic rings. The molecule has 0 aliphatic carbocycles. The number of rotatable bonds is 3. The van der Waals surface area contributed by atoms with Crippen LogP contribution < -0.4 is 10.2 Å². The predicted octanol–water partition coefficient (Wildman–Crippen LogP) is 3.48. The molecule has 1 fully saturated rings. The molecule has 0 spiro atoms. The number of benzene rings is 2. The molecule has 126 valence electrons. The average molecular weight is 348 g/mol. The van der Waals surface area contributed by atoms with Gasteiger partial charge in [-0.15, -0.1) is 0 Å². The van der Waals surface area contributed by atoms with Crippen LogP contribution in [-0.4, -0.2) is 44.0 Å². The Labute approximate surface area is 145 Å². The number of hydrogen-bond acceptors (Lipinski definition) is 3. The second kappa shape index (κ2) is 7.20. The Kier molecular flexibility index (Phi) is 5.02. The summed E-state index contributed by atoms with van der Waals surface area (Å²) in [5, 5.41) is 3.27. The van der Waals surface area contributed by atoms with E-state index in [-0.39, 0.29) is 11.7 Å². The molecule has 2 aromatic rings. The van der Waals surface area contributed by atoms with E-state index in [9.17, 15) is 9.18 Å². The second-order valence-electron chi connectivity index (χ2n) is 5.92. The summed E-state index contributed by atoms with van der Waals surface area (Å²) in [5.41, 5.74) is 1.49. The largest absolute Gasteiger partial charge is 0.367 e. The van der Waals surface area contributed by atoms with Crippen molar-refractivity contribution < 1.29 is 9.18 Å². The number of amides is 1. The minimum absolute atomic E-state index is 0.293. The first-order chi connectivity index (χ1) is 11.5. The molecule has 1 heterocycles. The van der Waals surface area contributed by atoms with Gasteiger partial charge in [-0.3, -0.25) is 4.79 Å². The third-order valence-electron chi connectivity index (χ3n) is 4.16. The van der Waals surface area contributed by atoms with Crippen molar-refractivity contribution in [1.29, 1.82) is 0 Å². The first kappa shape index (κ1) is 16.7. The van der Waals surface area contributed by atoms with Crippen molar-refractivity contribution in [2.24, 2.45) is 0 Å². The Bertz CT molecular complexity index is 728. The molecule has 0 unspecified atom stereocenters. The van der Waals surface area contributed by atoms with Gasteiger partial charge in [-0.2, -0.15) is 0 Å². The molecule has 24 heavy (non-hydrogen) atoms. The summed E-state index contributed by atoms with van der Waals surface area (Å²) >= 11 is 5.81. The Morgan fingerprint density at radius 3 is 2.38 bits per heavy atom. The van der Waals surface area contributed by atoms with Crippen LogP contribution in [0.1, 0.15) is 10.4 Å². The first-order valence-electron chi connectivity index (χ1n) is 7.83. The third kappa shape index (κ3) is 3.86. The smallest absolute Gasteiger partial charge is 0.255 e. The molecule has 3 rings (SSSR count). The van der Waals surface area contributed by atoms with E-state index in [1.165, 1.54) is 6.07 Å². The number of likely N-dealkylation sites (N-methyl/N-ethyl adjacent to an activating group) is 1. The van der Waals surface area contributed by atoms with Crippen LogP contribution in [0.15, 0.2) is 42.5 Å². The molecular weight excluding hydrogens is 329 g/mol. The van der Waals surface area contributed by atoms with Crippen LogP contribution in [0.25, 0.3) is 0 Å². The van der Waals surface area contributed by atoms with Gasteiger partial charge in [-0.05, 0) is 49.5 Å². The summed E-state index contributed by atoms with van der Waals surface area (Å²) in [7, 11) is 2.06. The Hall–Kier alpha value is -2.11. The Balaban J connectivity index is 1.70. The highest BCUT2D eigenvalue weighted by atomic mass is 35.5. The van der Waals surface area contributed by atoms with Gasteiger partial charge in [0, 0.05) is 42.5 Å². The molecule has 4 nitrogen and oxygen atoms in total. The number of nitrogens with one attached hydrogen (secondary N) is 1. The molecule has 0 radical (unpaired) electrons. The number of carbonyl (C=O) groups excluding carboxylic acids is 1. The monoisotopic (exact) mass is 347 g/mol. The molecule has 0 aromatic heterocycles. The van der Waals surface area contributed by atoms with Crippen molar-refractivity contribution >= 4 is 28.9 Å². The van der Waals surface area contributed by atoms with Crippen molar-refractivity contribution in [3.05, 3.63) is 58.9 Å². The Morgan fingerprint density at radius 2 is 1.75 bits per heavy atom. The lowest BCUT2D eigenvalue weighted by molar-refractivity contribution is 0.102. The quantitative estimate of drug-likeness (QED) is 0.923. The highest BCUT2D eigenvalue weighted by Crippen LogP contribution is 2.24. The lowest BCUT2D eigenvalue weighted by Crippen LogP contribution is -2.44. The molecule has 0 bridgehead atoms. The predicted molar refractivity (Wildman–Crippen MR) is 95.5 cm³/mol. The highest BCUT2D eigenvalue weighted by Gasteiger charge is 2.17. The fraction of sp³-hybridized carbons (Fsp3) is 0.278. The molecule has 6 heteroatoms. The summed E-state index contributed by atoms with van der Waals surface area (Å²) < 4.78 is 14.4. The van der Waals surface area contributed by atoms with Crippen LogP contribution in [0.4, 0.5) is 15.8 Å². The van der Waals surface area contributed by atoms with E-state index in [0.29, 0.717) is 22.0 Å². The van der Waals surface area contributed by atoms with Crippen LogP contribution in [-0.2, 0) is 0 Å². The van der Waals surface area contributed by atoms with E-state index in [2.05, 4.69) is 17.3 Å². The van der Waals surface area contributed by atoms with Gasteiger partial charge in [-0.1, -0.05) is 11.6 Å². The zero-order valence-corrected chi connectivity index (χ0v) is 14.2. The average Bonchev–Trinajstić information content (AvgIpc) is 2.57. The standard InChI is InChI=1S/C18H19ClFN3O/c1-22-8-10-23(11-9-22)17-7-6-15(12-16(17)20)21-18(24)13-2-4-14(19)5-3-13/h2-7,12H,8-11H2,1H3,(H,21,24). The minimum atomic E-state index is -0.326. The van der Waals surface area contributed by atoms with E-state index in [4.69, 9.17) is 11.6 Å². The number of nitrogens with zero attached hydrogens (tertiary/aromatic N) is 2. The normalized spacial score (nSPS) is 15.4. The molecular formula is C18H19ClFN3O. The zero-order valence-electron chi connectivity index (χ0n) is 13.4. The number of halogens is 2. The number of hydrogen-bond donors (Lipinski definition) is 1. The Morgan fingerprint density at radius 1 is 1.08 bits per heavy atom. The van der Waals surface area contributed by atoms with Crippen molar-refractivity contribution in [2.75, 3.05) is 43.4 Å². The van der Waals surface area contributed by atoms with Gasteiger partial charge in [0.15, 0.2) is 0 Å². The van der Waals surface area contributed by atoms with Crippen LogP contribution in [0, 0.1) is 5.82 Å².